The zero-order valence-electron chi connectivity index (χ0n) is 10.7. The second-order valence-electron chi connectivity index (χ2n) is 4.85. The first-order valence-electron chi connectivity index (χ1n) is 6.34. The summed E-state index contributed by atoms with van der Waals surface area (Å²) in [6, 6.07) is 12.5. The molecule has 1 heterocycles. The summed E-state index contributed by atoms with van der Waals surface area (Å²) in [5, 5.41) is 12.3. The molecule has 0 fully saturated rings. The van der Waals surface area contributed by atoms with Crippen LogP contribution in [0.25, 0.3) is 0 Å². The van der Waals surface area contributed by atoms with Gasteiger partial charge >= 0.3 is 0 Å². The first-order chi connectivity index (χ1) is 9.24. The maximum Gasteiger partial charge on any atom is 0.224 e. The summed E-state index contributed by atoms with van der Waals surface area (Å²) in [6.45, 7) is 1.87. The Morgan fingerprint density at radius 3 is 2.53 bits per heavy atom. The maximum absolute atomic E-state index is 8.92. The highest BCUT2D eigenvalue weighted by molar-refractivity contribution is 5.39. The fourth-order valence-electron chi connectivity index (χ4n) is 2.53. The van der Waals surface area contributed by atoms with Crippen LogP contribution in [0.15, 0.2) is 30.3 Å². The molecule has 1 aliphatic carbocycles. The van der Waals surface area contributed by atoms with Gasteiger partial charge in [-0.2, -0.15) is 5.26 Å². The molecule has 4 heteroatoms. The largest absolute Gasteiger partial charge is 0.351 e. The van der Waals surface area contributed by atoms with Crippen LogP contribution in [0.1, 0.15) is 22.5 Å². The van der Waals surface area contributed by atoms with Crippen molar-refractivity contribution in [2.45, 2.75) is 25.8 Å². The lowest BCUT2D eigenvalue weighted by Gasteiger charge is -2.12. The van der Waals surface area contributed by atoms with Crippen LogP contribution in [0.3, 0.4) is 0 Å². The van der Waals surface area contributed by atoms with E-state index in [0.29, 0.717) is 17.7 Å². The second kappa shape index (κ2) is 4.69. The summed E-state index contributed by atoms with van der Waals surface area (Å²) in [4.78, 5) is 8.53. The molecule has 2 aromatic rings. The molecule has 1 aliphatic rings. The number of hydrogen-bond acceptors (Lipinski definition) is 4. The minimum atomic E-state index is 0.311. The number of hydrogen-bond donors (Lipinski definition) is 1. The van der Waals surface area contributed by atoms with Crippen molar-refractivity contribution >= 4 is 5.95 Å². The van der Waals surface area contributed by atoms with Crippen LogP contribution in [0, 0.1) is 18.3 Å². The molecule has 19 heavy (non-hydrogen) atoms. The van der Waals surface area contributed by atoms with Gasteiger partial charge in [-0.3, -0.25) is 0 Å². The van der Waals surface area contributed by atoms with Gasteiger partial charge in [0.15, 0.2) is 0 Å². The van der Waals surface area contributed by atoms with Crippen molar-refractivity contribution in [3.63, 3.8) is 0 Å². The SMILES string of the molecule is Cc1cc(C#N)nc(NC2Cc3ccccc3C2)n1. The van der Waals surface area contributed by atoms with E-state index in [1.165, 1.54) is 11.1 Å². The topological polar surface area (TPSA) is 61.6 Å². The van der Waals surface area contributed by atoms with E-state index in [4.69, 9.17) is 5.26 Å². The smallest absolute Gasteiger partial charge is 0.224 e. The highest BCUT2D eigenvalue weighted by atomic mass is 15.1. The predicted molar refractivity (Wildman–Crippen MR) is 72.7 cm³/mol. The van der Waals surface area contributed by atoms with Crippen LogP contribution >= 0.6 is 0 Å². The van der Waals surface area contributed by atoms with Crippen molar-refractivity contribution in [1.82, 2.24) is 9.97 Å². The molecule has 0 spiro atoms. The summed E-state index contributed by atoms with van der Waals surface area (Å²) >= 11 is 0. The summed E-state index contributed by atoms with van der Waals surface area (Å²) in [5.74, 6) is 0.550. The quantitative estimate of drug-likeness (QED) is 0.887. The molecule has 0 aliphatic heterocycles. The van der Waals surface area contributed by atoms with Crippen molar-refractivity contribution in [2.75, 3.05) is 5.32 Å². The molecule has 0 saturated heterocycles. The standard InChI is InChI=1S/C15H14N4/c1-10-6-14(9-16)19-15(17-10)18-13-7-11-4-2-3-5-12(11)8-13/h2-6,13H,7-8H2,1H3,(H,17,18,19). The van der Waals surface area contributed by atoms with Crippen LogP contribution in [0.2, 0.25) is 0 Å². The number of rotatable bonds is 2. The van der Waals surface area contributed by atoms with Crippen LogP contribution in [0.5, 0.6) is 0 Å². The lowest BCUT2D eigenvalue weighted by atomic mass is 10.1. The van der Waals surface area contributed by atoms with Crippen LogP contribution < -0.4 is 5.32 Å². The molecule has 0 bridgehead atoms. The Morgan fingerprint density at radius 1 is 1.21 bits per heavy atom. The van der Waals surface area contributed by atoms with Crippen molar-refractivity contribution in [3.8, 4) is 6.07 Å². The third-order valence-corrected chi connectivity index (χ3v) is 3.35. The molecule has 0 saturated carbocycles. The number of aromatic nitrogens is 2. The van der Waals surface area contributed by atoms with Gasteiger partial charge in [-0.05, 0) is 37.0 Å². The Morgan fingerprint density at radius 2 is 1.89 bits per heavy atom. The third-order valence-electron chi connectivity index (χ3n) is 3.35. The van der Waals surface area contributed by atoms with E-state index in [-0.39, 0.29) is 0 Å². The normalized spacial score (nSPS) is 13.9. The highest BCUT2D eigenvalue weighted by Crippen LogP contribution is 2.23. The molecule has 1 N–H and O–H groups in total. The predicted octanol–water partition coefficient (Wildman–Crippen LogP) is 2.24. The van der Waals surface area contributed by atoms with Crippen LogP contribution in [-0.2, 0) is 12.8 Å². The summed E-state index contributed by atoms with van der Waals surface area (Å²) < 4.78 is 0. The maximum atomic E-state index is 8.92. The lowest BCUT2D eigenvalue weighted by molar-refractivity contribution is 0.760. The van der Waals surface area contributed by atoms with E-state index in [1.807, 2.05) is 6.92 Å². The molecule has 0 unspecified atom stereocenters. The van der Waals surface area contributed by atoms with Crippen molar-refractivity contribution in [2.24, 2.45) is 0 Å². The van der Waals surface area contributed by atoms with Gasteiger partial charge in [-0.1, -0.05) is 24.3 Å². The summed E-state index contributed by atoms with van der Waals surface area (Å²) in [5.41, 5.74) is 3.98. The Labute approximate surface area is 112 Å². The average molecular weight is 250 g/mol. The van der Waals surface area contributed by atoms with Crippen LogP contribution in [0.4, 0.5) is 5.95 Å². The fourth-order valence-corrected chi connectivity index (χ4v) is 2.53. The Kier molecular flexibility index (Phi) is 2.88. The van der Waals surface area contributed by atoms with Crippen molar-refractivity contribution in [3.05, 3.63) is 52.8 Å². The van der Waals surface area contributed by atoms with E-state index < -0.39 is 0 Å². The number of nitriles is 1. The van der Waals surface area contributed by atoms with Crippen molar-refractivity contribution in [1.29, 1.82) is 5.26 Å². The van der Waals surface area contributed by atoms with E-state index in [2.05, 4.69) is 45.6 Å². The average Bonchev–Trinajstić information content (AvgIpc) is 2.80. The number of aryl methyl sites for hydroxylation is 1. The molecule has 0 atom stereocenters. The molecular formula is C15H14N4. The van der Waals surface area contributed by atoms with Gasteiger partial charge in [-0.25, -0.2) is 9.97 Å². The van der Waals surface area contributed by atoms with Crippen LogP contribution in [-0.4, -0.2) is 16.0 Å². The number of fused-ring (bicyclic) bond motifs is 1. The summed E-state index contributed by atoms with van der Waals surface area (Å²) in [6.07, 6.45) is 1.96. The van der Waals surface area contributed by atoms with Gasteiger partial charge in [0.2, 0.25) is 5.95 Å². The molecular weight excluding hydrogens is 236 g/mol. The molecule has 0 amide bonds. The molecule has 1 aromatic carbocycles. The van der Waals surface area contributed by atoms with Crippen molar-refractivity contribution < 1.29 is 0 Å². The first kappa shape index (κ1) is 11.7. The zero-order valence-corrected chi connectivity index (χ0v) is 10.7. The molecule has 94 valence electrons. The fraction of sp³-hybridized carbons (Fsp3) is 0.267. The number of anilines is 1. The van der Waals surface area contributed by atoms with Gasteiger partial charge in [0, 0.05) is 11.7 Å². The molecule has 1 aromatic heterocycles. The molecule has 0 radical (unpaired) electrons. The summed E-state index contributed by atoms with van der Waals surface area (Å²) in [7, 11) is 0. The highest BCUT2D eigenvalue weighted by Gasteiger charge is 2.21. The molecule has 3 rings (SSSR count). The van der Waals surface area contributed by atoms with E-state index in [0.717, 1.165) is 18.5 Å². The Hall–Kier alpha value is -2.41. The monoisotopic (exact) mass is 250 g/mol. The number of nitrogens with zero attached hydrogens (tertiary/aromatic N) is 3. The van der Waals surface area contributed by atoms with E-state index >= 15 is 0 Å². The second-order valence-corrected chi connectivity index (χ2v) is 4.85. The van der Waals surface area contributed by atoms with E-state index in [1.54, 1.807) is 6.07 Å². The van der Waals surface area contributed by atoms with Gasteiger partial charge in [-0.15, -0.1) is 0 Å². The minimum Gasteiger partial charge on any atom is -0.351 e. The third kappa shape index (κ3) is 2.41. The number of nitrogens with one attached hydrogen (secondary N) is 1. The van der Waals surface area contributed by atoms with Gasteiger partial charge in [0.1, 0.15) is 11.8 Å². The van der Waals surface area contributed by atoms with E-state index in [9.17, 15) is 0 Å². The Bertz CT molecular complexity index is 632. The molecule has 4 nitrogen and oxygen atoms in total. The first-order valence-corrected chi connectivity index (χ1v) is 6.34. The van der Waals surface area contributed by atoms with Gasteiger partial charge in [0.05, 0.1) is 0 Å². The zero-order chi connectivity index (χ0) is 13.2. The lowest BCUT2D eigenvalue weighted by Crippen LogP contribution is -2.21. The van der Waals surface area contributed by atoms with Gasteiger partial charge < -0.3 is 5.32 Å². The van der Waals surface area contributed by atoms with Gasteiger partial charge in [0.25, 0.3) is 0 Å². The number of benzene rings is 1. The Balaban J connectivity index is 1.78. The minimum absolute atomic E-state index is 0.311.